The fourth-order valence-corrected chi connectivity index (χ4v) is 2.63. The van der Waals surface area contributed by atoms with E-state index in [9.17, 15) is 5.11 Å². The average Bonchev–Trinajstić information content (AvgIpc) is 2.38. The Bertz CT molecular complexity index is 582. The Hall–Kier alpha value is -1.67. The maximum absolute atomic E-state index is 9.97. The lowest BCUT2D eigenvalue weighted by Gasteiger charge is -2.31. The molecule has 1 aliphatic heterocycles. The van der Waals surface area contributed by atoms with Crippen LogP contribution in [0.3, 0.4) is 0 Å². The number of nitrogens with zero attached hydrogens (tertiary/aromatic N) is 1. The van der Waals surface area contributed by atoms with Crippen molar-refractivity contribution < 1.29 is 5.11 Å². The summed E-state index contributed by atoms with van der Waals surface area (Å²) in [6.45, 7) is 1.76. The zero-order valence-corrected chi connectivity index (χ0v) is 10.7. The van der Waals surface area contributed by atoms with E-state index in [1.54, 1.807) is 6.07 Å². The van der Waals surface area contributed by atoms with Crippen molar-refractivity contribution in [2.45, 2.75) is 13.0 Å². The first kappa shape index (κ1) is 11.4. The molecule has 0 fully saturated rings. The number of aromatic hydroxyl groups is 1. The third kappa shape index (κ3) is 2.04. The van der Waals surface area contributed by atoms with E-state index in [0.717, 1.165) is 25.2 Å². The van der Waals surface area contributed by atoms with E-state index in [2.05, 4.69) is 29.2 Å². The minimum atomic E-state index is 0.252. The molecule has 92 valence electrons. The van der Waals surface area contributed by atoms with Crippen LogP contribution in [0.2, 0.25) is 5.02 Å². The largest absolute Gasteiger partial charge is 0.506 e. The van der Waals surface area contributed by atoms with Gasteiger partial charge in [-0.25, -0.2) is 0 Å². The van der Waals surface area contributed by atoms with Crippen molar-refractivity contribution in [2.75, 3.05) is 11.4 Å². The van der Waals surface area contributed by atoms with Gasteiger partial charge >= 0.3 is 0 Å². The van der Waals surface area contributed by atoms with Gasteiger partial charge in [-0.1, -0.05) is 35.9 Å². The third-order valence-corrected chi connectivity index (χ3v) is 3.64. The Kier molecular flexibility index (Phi) is 2.88. The maximum Gasteiger partial charge on any atom is 0.140 e. The van der Waals surface area contributed by atoms with Crippen LogP contribution in [0.15, 0.2) is 42.5 Å². The van der Waals surface area contributed by atoms with E-state index in [-0.39, 0.29) is 5.75 Å². The summed E-state index contributed by atoms with van der Waals surface area (Å²) in [5, 5.41) is 10.5. The van der Waals surface area contributed by atoms with E-state index in [4.69, 9.17) is 11.6 Å². The Morgan fingerprint density at radius 1 is 1.06 bits per heavy atom. The number of phenols is 1. The predicted molar refractivity (Wildman–Crippen MR) is 74.3 cm³/mol. The fourth-order valence-electron chi connectivity index (χ4n) is 2.47. The second-order valence-electron chi connectivity index (χ2n) is 4.57. The zero-order chi connectivity index (χ0) is 12.5. The van der Waals surface area contributed by atoms with Crippen LogP contribution in [0.5, 0.6) is 5.75 Å². The van der Waals surface area contributed by atoms with Gasteiger partial charge < -0.3 is 10.0 Å². The molecule has 2 aromatic rings. The molecule has 1 heterocycles. The quantitative estimate of drug-likeness (QED) is 0.846. The first-order chi connectivity index (χ1) is 8.74. The van der Waals surface area contributed by atoms with Crippen LogP contribution in [-0.4, -0.2) is 11.7 Å². The second kappa shape index (κ2) is 4.54. The number of hydrogen-bond acceptors (Lipinski definition) is 2. The molecule has 0 saturated heterocycles. The molecule has 0 amide bonds. The number of phenolic OH excluding ortho intramolecular Hbond substituents is 1. The predicted octanol–water partition coefficient (Wildman–Crippen LogP) is 3.61. The van der Waals surface area contributed by atoms with Crippen LogP contribution in [0, 0.1) is 0 Å². The lowest BCUT2D eigenvalue weighted by Crippen LogP contribution is -2.30. The van der Waals surface area contributed by atoms with E-state index in [0.29, 0.717) is 5.02 Å². The van der Waals surface area contributed by atoms with Crippen LogP contribution >= 0.6 is 11.6 Å². The summed E-state index contributed by atoms with van der Waals surface area (Å²) in [5.74, 6) is 0.252. The highest BCUT2D eigenvalue weighted by Crippen LogP contribution is 2.33. The molecule has 2 nitrogen and oxygen atoms in total. The molecule has 0 spiro atoms. The molecule has 3 rings (SSSR count). The highest BCUT2D eigenvalue weighted by Gasteiger charge is 2.18. The molecule has 3 heteroatoms. The minimum absolute atomic E-state index is 0.252. The van der Waals surface area contributed by atoms with Crippen molar-refractivity contribution in [2.24, 2.45) is 0 Å². The van der Waals surface area contributed by atoms with Crippen molar-refractivity contribution >= 4 is 17.3 Å². The SMILES string of the molecule is Oc1cc(Cl)ccc1N1CCc2ccccc2C1. The molecule has 2 aromatic carbocycles. The highest BCUT2D eigenvalue weighted by atomic mass is 35.5. The molecule has 0 atom stereocenters. The number of anilines is 1. The first-order valence-corrected chi connectivity index (χ1v) is 6.42. The van der Waals surface area contributed by atoms with Gasteiger partial charge in [0, 0.05) is 24.2 Å². The number of fused-ring (bicyclic) bond motifs is 1. The maximum atomic E-state index is 9.97. The summed E-state index contributed by atoms with van der Waals surface area (Å²) in [7, 11) is 0. The van der Waals surface area contributed by atoms with Gasteiger partial charge in [0.1, 0.15) is 5.75 Å². The summed E-state index contributed by atoms with van der Waals surface area (Å²) in [6.07, 6.45) is 1.01. The summed E-state index contributed by atoms with van der Waals surface area (Å²) < 4.78 is 0. The monoisotopic (exact) mass is 259 g/mol. The normalized spacial score (nSPS) is 14.4. The van der Waals surface area contributed by atoms with E-state index in [1.807, 2.05) is 12.1 Å². The van der Waals surface area contributed by atoms with Gasteiger partial charge in [-0.15, -0.1) is 0 Å². The summed E-state index contributed by atoms with van der Waals surface area (Å²) in [6, 6.07) is 13.8. The third-order valence-electron chi connectivity index (χ3n) is 3.41. The molecule has 0 unspecified atom stereocenters. The van der Waals surface area contributed by atoms with E-state index < -0.39 is 0 Å². The summed E-state index contributed by atoms with van der Waals surface area (Å²) >= 11 is 5.86. The summed E-state index contributed by atoms with van der Waals surface area (Å²) in [5.41, 5.74) is 3.59. The lowest BCUT2D eigenvalue weighted by molar-refractivity contribution is 0.473. The second-order valence-corrected chi connectivity index (χ2v) is 5.01. The number of rotatable bonds is 1. The molecule has 0 aromatic heterocycles. The topological polar surface area (TPSA) is 23.5 Å². The standard InChI is InChI=1S/C15H14ClNO/c16-13-5-6-14(15(18)9-13)17-8-7-11-3-1-2-4-12(11)10-17/h1-6,9,18H,7-8,10H2. The van der Waals surface area contributed by atoms with Crippen LogP contribution in [0.4, 0.5) is 5.69 Å². The van der Waals surface area contributed by atoms with E-state index in [1.165, 1.54) is 11.1 Å². The van der Waals surface area contributed by atoms with Crippen LogP contribution in [0.25, 0.3) is 0 Å². The van der Waals surface area contributed by atoms with Crippen molar-refractivity contribution in [1.29, 1.82) is 0 Å². The highest BCUT2D eigenvalue weighted by molar-refractivity contribution is 6.30. The van der Waals surface area contributed by atoms with Gasteiger partial charge in [0.05, 0.1) is 5.69 Å². The number of hydrogen-bond donors (Lipinski definition) is 1. The zero-order valence-electron chi connectivity index (χ0n) is 9.94. The molecular weight excluding hydrogens is 246 g/mol. The Labute approximate surface area is 111 Å². The van der Waals surface area contributed by atoms with Crippen molar-refractivity contribution in [3.8, 4) is 5.75 Å². The van der Waals surface area contributed by atoms with Crippen molar-refractivity contribution in [1.82, 2.24) is 0 Å². The number of benzene rings is 2. The lowest BCUT2D eigenvalue weighted by atomic mass is 9.99. The van der Waals surface area contributed by atoms with Gasteiger partial charge in [0.15, 0.2) is 0 Å². The van der Waals surface area contributed by atoms with Crippen LogP contribution < -0.4 is 4.90 Å². The van der Waals surface area contributed by atoms with E-state index >= 15 is 0 Å². The van der Waals surface area contributed by atoms with Crippen molar-refractivity contribution in [3.63, 3.8) is 0 Å². The van der Waals surface area contributed by atoms with Gasteiger partial charge in [0.25, 0.3) is 0 Å². The average molecular weight is 260 g/mol. The molecule has 0 radical (unpaired) electrons. The van der Waals surface area contributed by atoms with Gasteiger partial charge in [0.2, 0.25) is 0 Å². The smallest absolute Gasteiger partial charge is 0.140 e. The molecule has 0 saturated carbocycles. The number of halogens is 1. The molecule has 1 N–H and O–H groups in total. The van der Waals surface area contributed by atoms with Crippen LogP contribution in [-0.2, 0) is 13.0 Å². The Morgan fingerprint density at radius 3 is 2.61 bits per heavy atom. The van der Waals surface area contributed by atoms with Gasteiger partial charge in [-0.2, -0.15) is 0 Å². The summed E-state index contributed by atoms with van der Waals surface area (Å²) in [4.78, 5) is 2.19. The molecule has 0 aliphatic carbocycles. The fraction of sp³-hybridized carbons (Fsp3) is 0.200. The molecular formula is C15H14ClNO. The molecule has 18 heavy (non-hydrogen) atoms. The Morgan fingerprint density at radius 2 is 1.83 bits per heavy atom. The molecule has 1 aliphatic rings. The minimum Gasteiger partial charge on any atom is -0.506 e. The van der Waals surface area contributed by atoms with Gasteiger partial charge in [-0.05, 0) is 29.7 Å². The molecule has 0 bridgehead atoms. The first-order valence-electron chi connectivity index (χ1n) is 6.04. The Balaban J connectivity index is 1.92. The van der Waals surface area contributed by atoms with Gasteiger partial charge in [-0.3, -0.25) is 0 Å². The van der Waals surface area contributed by atoms with Crippen molar-refractivity contribution in [3.05, 3.63) is 58.6 Å². The van der Waals surface area contributed by atoms with Crippen LogP contribution in [0.1, 0.15) is 11.1 Å².